The van der Waals surface area contributed by atoms with E-state index in [1.165, 1.54) is 0 Å². The van der Waals surface area contributed by atoms with Gasteiger partial charge in [0.25, 0.3) is 0 Å². The summed E-state index contributed by atoms with van der Waals surface area (Å²) in [6, 6.07) is 5.40. The number of thioether (sulfide) groups is 1. The third-order valence-electron chi connectivity index (χ3n) is 2.22. The molecule has 0 saturated heterocycles. The smallest absolute Gasteiger partial charge is 0.161 e. The SMILES string of the molecule is CC1CN=C(Nc2ccc(Cl)cc2Cl)SC1. The lowest BCUT2D eigenvalue weighted by atomic mass is 10.2. The molecule has 1 aromatic rings. The maximum atomic E-state index is 6.07. The summed E-state index contributed by atoms with van der Waals surface area (Å²) in [7, 11) is 0. The molecule has 0 fully saturated rings. The van der Waals surface area contributed by atoms with Crippen molar-refractivity contribution in [1.29, 1.82) is 0 Å². The van der Waals surface area contributed by atoms with Gasteiger partial charge in [0.2, 0.25) is 0 Å². The molecule has 0 bridgehead atoms. The van der Waals surface area contributed by atoms with Crippen LogP contribution in [-0.2, 0) is 0 Å². The quantitative estimate of drug-likeness (QED) is 0.832. The van der Waals surface area contributed by atoms with Crippen LogP contribution >= 0.6 is 35.0 Å². The lowest BCUT2D eigenvalue weighted by Gasteiger charge is -2.18. The van der Waals surface area contributed by atoms with Crippen LogP contribution in [0.15, 0.2) is 23.2 Å². The van der Waals surface area contributed by atoms with Crippen LogP contribution < -0.4 is 5.32 Å². The van der Waals surface area contributed by atoms with Gasteiger partial charge in [-0.15, -0.1) is 0 Å². The molecule has 16 heavy (non-hydrogen) atoms. The van der Waals surface area contributed by atoms with Gasteiger partial charge in [0.1, 0.15) is 0 Å². The van der Waals surface area contributed by atoms with Crippen LogP contribution in [0.25, 0.3) is 0 Å². The van der Waals surface area contributed by atoms with Crippen molar-refractivity contribution < 1.29 is 0 Å². The predicted octanol–water partition coefficient (Wildman–Crippen LogP) is 4.14. The summed E-state index contributed by atoms with van der Waals surface area (Å²) in [5, 5.41) is 5.41. The van der Waals surface area contributed by atoms with E-state index in [0.717, 1.165) is 23.2 Å². The van der Waals surface area contributed by atoms with E-state index in [9.17, 15) is 0 Å². The molecule has 1 atom stereocenters. The van der Waals surface area contributed by atoms with Gasteiger partial charge >= 0.3 is 0 Å². The van der Waals surface area contributed by atoms with E-state index in [1.807, 2.05) is 12.1 Å². The van der Waals surface area contributed by atoms with Crippen molar-refractivity contribution >= 4 is 45.8 Å². The van der Waals surface area contributed by atoms with E-state index in [0.29, 0.717) is 16.0 Å². The van der Waals surface area contributed by atoms with Crippen molar-refractivity contribution in [3.05, 3.63) is 28.2 Å². The molecule has 5 heteroatoms. The summed E-state index contributed by atoms with van der Waals surface area (Å²) in [4.78, 5) is 4.45. The number of rotatable bonds is 1. The van der Waals surface area contributed by atoms with Crippen LogP contribution in [0, 0.1) is 5.92 Å². The highest BCUT2D eigenvalue weighted by Gasteiger charge is 2.13. The summed E-state index contributed by atoms with van der Waals surface area (Å²) in [5.41, 5.74) is 0.854. The van der Waals surface area contributed by atoms with Crippen molar-refractivity contribution in [2.45, 2.75) is 6.92 Å². The number of hydrogen-bond acceptors (Lipinski definition) is 3. The topological polar surface area (TPSA) is 24.4 Å². The zero-order valence-electron chi connectivity index (χ0n) is 8.84. The molecular formula is C11H12Cl2N2S. The Labute approximate surface area is 109 Å². The zero-order valence-corrected chi connectivity index (χ0v) is 11.2. The highest BCUT2D eigenvalue weighted by molar-refractivity contribution is 8.14. The Morgan fingerprint density at radius 3 is 2.88 bits per heavy atom. The van der Waals surface area contributed by atoms with Crippen LogP contribution in [0.3, 0.4) is 0 Å². The molecule has 1 heterocycles. The number of nitrogens with one attached hydrogen (secondary N) is 1. The van der Waals surface area contributed by atoms with E-state index in [2.05, 4.69) is 17.2 Å². The van der Waals surface area contributed by atoms with Gasteiger partial charge in [-0.2, -0.15) is 0 Å². The Morgan fingerprint density at radius 1 is 1.44 bits per heavy atom. The van der Waals surface area contributed by atoms with Gasteiger partial charge < -0.3 is 5.32 Å². The molecule has 0 aliphatic carbocycles. The summed E-state index contributed by atoms with van der Waals surface area (Å²) < 4.78 is 0. The van der Waals surface area contributed by atoms with Gasteiger partial charge in [-0.3, -0.25) is 4.99 Å². The fourth-order valence-corrected chi connectivity index (χ4v) is 2.69. The number of hydrogen-bond donors (Lipinski definition) is 1. The molecule has 0 radical (unpaired) electrons. The molecular weight excluding hydrogens is 263 g/mol. The zero-order chi connectivity index (χ0) is 11.5. The van der Waals surface area contributed by atoms with Gasteiger partial charge in [0.15, 0.2) is 5.17 Å². The van der Waals surface area contributed by atoms with E-state index < -0.39 is 0 Å². The van der Waals surface area contributed by atoms with Crippen LogP contribution in [-0.4, -0.2) is 17.5 Å². The number of anilines is 1. The third kappa shape index (κ3) is 3.06. The van der Waals surface area contributed by atoms with E-state index in [4.69, 9.17) is 23.2 Å². The van der Waals surface area contributed by atoms with Gasteiger partial charge in [-0.25, -0.2) is 0 Å². The summed E-state index contributed by atoms with van der Waals surface area (Å²) >= 11 is 13.6. The van der Waals surface area contributed by atoms with Crippen LogP contribution in [0.5, 0.6) is 0 Å². The summed E-state index contributed by atoms with van der Waals surface area (Å²) in [6.07, 6.45) is 0. The van der Waals surface area contributed by atoms with Crippen LogP contribution in [0.2, 0.25) is 10.0 Å². The average Bonchev–Trinajstić information content (AvgIpc) is 2.25. The van der Waals surface area contributed by atoms with Gasteiger partial charge in [-0.1, -0.05) is 41.9 Å². The molecule has 1 aliphatic rings. The van der Waals surface area contributed by atoms with Gasteiger partial charge in [0.05, 0.1) is 10.7 Å². The Kier molecular flexibility index (Phi) is 4.00. The molecule has 1 aromatic carbocycles. The normalized spacial score (nSPS) is 20.4. The Bertz CT molecular complexity index is 420. The lowest BCUT2D eigenvalue weighted by Crippen LogP contribution is -2.18. The molecule has 0 amide bonds. The van der Waals surface area contributed by atoms with Crippen molar-refractivity contribution in [3.63, 3.8) is 0 Å². The maximum Gasteiger partial charge on any atom is 0.161 e. The minimum atomic E-state index is 0.620. The second-order valence-electron chi connectivity index (χ2n) is 3.81. The highest BCUT2D eigenvalue weighted by Crippen LogP contribution is 2.27. The molecule has 1 N–H and O–H groups in total. The molecule has 2 nitrogen and oxygen atoms in total. The average molecular weight is 275 g/mol. The molecule has 86 valence electrons. The Hall–Kier alpha value is -0.380. The first kappa shape index (κ1) is 12.1. The second-order valence-corrected chi connectivity index (χ2v) is 5.66. The molecule has 0 saturated carbocycles. The highest BCUT2D eigenvalue weighted by atomic mass is 35.5. The van der Waals surface area contributed by atoms with Crippen molar-refractivity contribution in [2.75, 3.05) is 17.6 Å². The molecule has 0 spiro atoms. The fourth-order valence-electron chi connectivity index (χ4n) is 1.34. The van der Waals surface area contributed by atoms with Crippen molar-refractivity contribution in [1.82, 2.24) is 0 Å². The monoisotopic (exact) mass is 274 g/mol. The molecule has 1 unspecified atom stereocenters. The number of benzene rings is 1. The van der Waals surface area contributed by atoms with Crippen molar-refractivity contribution in [3.8, 4) is 0 Å². The maximum absolute atomic E-state index is 6.07. The Morgan fingerprint density at radius 2 is 2.25 bits per heavy atom. The first-order valence-corrected chi connectivity index (χ1v) is 6.78. The first-order valence-electron chi connectivity index (χ1n) is 5.04. The van der Waals surface area contributed by atoms with E-state index >= 15 is 0 Å². The number of halogens is 2. The van der Waals surface area contributed by atoms with Gasteiger partial charge in [-0.05, 0) is 24.1 Å². The molecule has 1 aliphatic heterocycles. The fraction of sp³-hybridized carbons (Fsp3) is 0.364. The third-order valence-corrected chi connectivity index (χ3v) is 4.01. The standard InChI is InChI=1S/C11H12Cl2N2S/c1-7-5-14-11(16-6-7)15-10-3-2-8(12)4-9(10)13/h2-4,7H,5-6H2,1H3,(H,14,15). The van der Waals surface area contributed by atoms with Crippen LogP contribution in [0.1, 0.15) is 6.92 Å². The number of aliphatic imine (C=N–C) groups is 1. The summed E-state index contributed by atoms with van der Waals surface area (Å²) in [5.74, 6) is 1.74. The minimum absolute atomic E-state index is 0.620. The van der Waals surface area contributed by atoms with Gasteiger partial charge in [0, 0.05) is 17.3 Å². The molecule has 2 rings (SSSR count). The van der Waals surface area contributed by atoms with E-state index in [1.54, 1.807) is 17.8 Å². The number of amidine groups is 1. The largest absolute Gasteiger partial charge is 0.334 e. The minimum Gasteiger partial charge on any atom is -0.334 e. The summed E-state index contributed by atoms with van der Waals surface area (Å²) in [6.45, 7) is 3.07. The van der Waals surface area contributed by atoms with Crippen molar-refractivity contribution in [2.24, 2.45) is 10.9 Å². The van der Waals surface area contributed by atoms with Crippen LogP contribution in [0.4, 0.5) is 5.69 Å². The number of nitrogens with zero attached hydrogens (tertiary/aromatic N) is 1. The first-order chi connectivity index (χ1) is 7.65. The second kappa shape index (κ2) is 5.30. The molecule has 0 aromatic heterocycles. The Balaban J connectivity index is 2.09. The lowest BCUT2D eigenvalue weighted by molar-refractivity contribution is 0.674. The van der Waals surface area contributed by atoms with E-state index in [-0.39, 0.29) is 0 Å². The predicted molar refractivity (Wildman–Crippen MR) is 74.0 cm³/mol.